The van der Waals surface area contributed by atoms with Gasteiger partial charge in [-0.05, 0) is 83.8 Å². The van der Waals surface area contributed by atoms with E-state index in [-0.39, 0.29) is 21.4 Å². The molecule has 1 N–H and O–H groups in total. The van der Waals surface area contributed by atoms with Crippen molar-refractivity contribution in [1.82, 2.24) is 14.3 Å². The van der Waals surface area contributed by atoms with Gasteiger partial charge in [-0.25, -0.2) is 4.98 Å². The molecule has 1 aliphatic carbocycles. The molecule has 3 aliphatic rings. The number of allylic oxidation sites excluding steroid dienone is 1. The molecule has 0 bridgehead atoms. The van der Waals surface area contributed by atoms with Gasteiger partial charge in [-0.1, -0.05) is 31.6 Å². The van der Waals surface area contributed by atoms with Crippen molar-refractivity contribution in [1.29, 1.82) is 0 Å². The van der Waals surface area contributed by atoms with Gasteiger partial charge in [0.1, 0.15) is 5.65 Å². The summed E-state index contributed by atoms with van der Waals surface area (Å²) in [5, 5.41) is 1.01. The van der Waals surface area contributed by atoms with Crippen LogP contribution in [0.15, 0.2) is 48.3 Å². The average molecular weight is 524 g/mol. The summed E-state index contributed by atoms with van der Waals surface area (Å²) in [4.78, 5) is 17.0. The van der Waals surface area contributed by atoms with E-state index in [0.29, 0.717) is 5.92 Å². The van der Waals surface area contributed by atoms with Crippen LogP contribution in [0.25, 0.3) is 11.2 Å². The minimum atomic E-state index is -0.225. The number of ether oxygens (including phenoxy) is 1. The zero-order valence-electron chi connectivity index (χ0n) is 22.0. The topological polar surface area (TPSA) is 50.0 Å². The number of fused-ring (bicyclic) bond motifs is 2. The van der Waals surface area contributed by atoms with Crippen LogP contribution in [0, 0.1) is 11.8 Å². The third-order valence-electron chi connectivity index (χ3n) is 7.87. The molecule has 37 heavy (non-hydrogen) atoms. The number of pyridine rings is 1. The van der Waals surface area contributed by atoms with Gasteiger partial charge in [0.2, 0.25) is 0 Å². The molecule has 2 aromatic heterocycles. The Hall–Kier alpha value is -2.11. The Morgan fingerprint density at radius 2 is 1.92 bits per heavy atom. The number of halogens is 1. The predicted molar refractivity (Wildman–Crippen MR) is 150 cm³/mol. The van der Waals surface area contributed by atoms with E-state index in [1.165, 1.54) is 22.3 Å². The minimum Gasteiger partial charge on any atom is -0.381 e. The second kappa shape index (κ2) is 12.2. The number of alkyl halides is 1. The Morgan fingerprint density at radius 3 is 2.68 bits per heavy atom. The largest absolute Gasteiger partial charge is 0.381 e. The first kappa shape index (κ1) is 26.5. The van der Waals surface area contributed by atoms with Crippen molar-refractivity contribution in [3.63, 3.8) is 0 Å². The molecule has 3 aromatic rings. The van der Waals surface area contributed by atoms with Crippen LogP contribution in [0.4, 0.5) is 4.39 Å². The highest BCUT2D eigenvalue weighted by Crippen LogP contribution is 2.41. The highest BCUT2D eigenvalue weighted by Gasteiger charge is 2.28. The maximum atomic E-state index is 12.8. The maximum Gasteiger partial charge on any atom is 0.137 e. The zero-order chi connectivity index (χ0) is 25.8. The van der Waals surface area contributed by atoms with Crippen LogP contribution < -0.4 is 5.30 Å². The lowest BCUT2D eigenvalue weighted by Gasteiger charge is -2.37. The lowest BCUT2D eigenvalue weighted by atomic mass is 9.82. The summed E-state index contributed by atoms with van der Waals surface area (Å²) in [6.07, 6.45) is 9.66. The molecule has 0 amide bonds. The number of aromatic nitrogens is 2. The van der Waals surface area contributed by atoms with Gasteiger partial charge in [0.25, 0.3) is 0 Å². The summed E-state index contributed by atoms with van der Waals surface area (Å²) in [6, 6.07) is 11.0. The van der Waals surface area contributed by atoms with Gasteiger partial charge in [-0.15, -0.1) is 0 Å². The van der Waals surface area contributed by atoms with Gasteiger partial charge in [-0.3, -0.25) is 9.29 Å². The lowest BCUT2D eigenvalue weighted by Crippen LogP contribution is -2.46. The Kier molecular flexibility index (Phi) is 8.71. The first-order valence-electron chi connectivity index (χ1n) is 13.8. The molecule has 2 saturated heterocycles. The first-order valence-corrected chi connectivity index (χ1v) is 14.8. The standard InChI is InChI=1S/C28H33FN3O2P.C2H6/c29-14-19-15-31(16-19)17-23-18-32-9-6-22(13-27(32)30-23)28-25(20-7-10-34-11-8-20)3-1-2-21-12-24(35-33)4-5-26(21)28;1-2/h4-6,9,12-13,18-20,33,35H,1-3,7-8,10-11,14-17H2;1-2H3. The normalized spacial score (nSPS) is 19.6. The summed E-state index contributed by atoms with van der Waals surface area (Å²) >= 11 is 0. The molecule has 7 heteroatoms. The third-order valence-corrected chi connectivity index (χ3v) is 8.44. The molecular formula is C30H39FN3O2P. The van der Waals surface area contributed by atoms with Gasteiger partial charge in [0.15, 0.2) is 0 Å². The van der Waals surface area contributed by atoms with Crippen LogP contribution in [0.2, 0.25) is 0 Å². The van der Waals surface area contributed by atoms with Crippen molar-refractivity contribution in [3.05, 3.63) is 70.7 Å². The number of nitrogens with zero attached hydrogens (tertiary/aromatic N) is 3. The molecule has 0 spiro atoms. The highest BCUT2D eigenvalue weighted by molar-refractivity contribution is 7.40. The predicted octanol–water partition coefficient (Wildman–Crippen LogP) is 5.54. The van der Waals surface area contributed by atoms with E-state index in [1.54, 1.807) is 5.57 Å². The van der Waals surface area contributed by atoms with Gasteiger partial charge in [0.05, 0.1) is 12.4 Å². The van der Waals surface area contributed by atoms with Gasteiger partial charge < -0.3 is 14.0 Å². The molecule has 4 heterocycles. The lowest BCUT2D eigenvalue weighted by molar-refractivity contribution is 0.0727. The van der Waals surface area contributed by atoms with Crippen LogP contribution in [-0.2, 0) is 17.7 Å². The average Bonchev–Trinajstić information content (AvgIpc) is 3.23. The van der Waals surface area contributed by atoms with E-state index in [4.69, 9.17) is 9.72 Å². The van der Waals surface area contributed by atoms with Crippen molar-refractivity contribution >= 4 is 25.3 Å². The Balaban J connectivity index is 0.00000137. The van der Waals surface area contributed by atoms with E-state index >= 15 is 0 Å². The number of aryl methyl sites for hydroxylation is 1. The molecule has 2 fully saturated rings. The molecule has 6 rings (SSSR count). The van der Waals surface area contributed by atoms with Gasteiger partial charge >= 0.3 is 0 Å². The monoisotopic (exact) mass is 523 g/mol. The van der Waals surface area contributed by atoms with Crippen LogP contribution in [-0.4, -0.2) is 52.2 Å². The summed E-state index contributed by atoms with van der Waals surface area (Å²) in [5.74, 6) is 0.738. The van der Waals surface area contributed by atoms with E-state index < -0.39 is 0 Å². The second-order valence-electron chi connectivity index (χ2n) is 10.3. The summed E-state index contributed by atoms with van der Waals surface area (Å²) in [5.41, 5.74) is 8.77. The van der Waals surface area contributed by atoms with Gasteiger partial charge in [-0.2, -0.15) is 0 Å². The van der Waals surface area contributed by atoms with Crippen LogP contribution in [0.5, 0.6) is 0 Å². The Bertz CT molecular complexity index is 1240. The molecular weight excluding hydrogens is 484 g/mol. The van der Waals surface area contributed by atoms with Crippen LogP contribution in [0.3, 0.4) is 0 Å². The molecule has 2 aliphatic heterocycles. The fourth-order valence-electron chi connectivity index (χ4n) is 6.08. The number of benzene rings is 1. The molecule has 198 valence electrons. The summed E-state index contributed by atoms with van der Waals surface area (Å²) in [7, 11) is -0.174. The highest BCUT2D eigenvalue weighted by atomic mass is 31.1. The minimum absolute atomic E-state index is 0.174. The summed E-state index contributed by atoms with van der Waals surface area (Å²) in [6.45, 7) is 7.87. The smallest absolute Gasteiger partial charge is 0.137 e. The van der Waals surface area contributed by atoms with Crippen LogP contribution in [0.1, 0.15) is 61.9 Å². The van der Waals surface area contributed by atoms with E-state index in [2.05, 4.69) is 52.0 Å². The molecule has 0 radical (unpaired) electrons. The Morgan fingerprint density at radius 1 is 1.11 bits per heavy atom. The second-order valence-corrected chi connectivity index (χ2v) is 11.1. The number of rotatable bonds is 6. The number of hydrogen-bond donors (Lipinski definition) is 1. The van der Waals surface area contributed by atoms with Crippen molar-refractivity contribution < 1.29 is 14.0 Å². The Labute approximate surface area is 221 Å². The number of hydrogen-bond acceptors (Lipinski definition) is 4. The van der Waals surface area contributed by atoms with Crippen LogP contribution >= 0.6 is 8.81 Å². The molecule has 0 saturated carbocycles. The zero-order valence-corrected chi connectivity index (χ0v) is 23.0. The third kappa shape index (κ3) is 5.68. The number of likely N-dealkylation sites (tertiary alicyclic amines) is 1. The molecule has 1 aromatic carbocycles. The van der Waals surface area contributed by atoms with E-state index in [9.17, 15) is 9.28 Å². The van der Waals surface area contributed by atoms with E-state index in [1.807, 2.05) is 13.8 Å². The molecule has 1 atom stereocenters. The SMILES string of the molecule is CC.OPc1ccc2c(c1)CCCC(C1CCOCC1)=C2c1ccn2cc(CN3CC(CF)C3)nc2c1. The van der Waals surface area contributed by atoms with Crippen molar-refractivity contribution in [2.45, 2.75) is 52.5 Å². The fourth-order valence-corrected chi connectivity index (χ4v) is 6.47. The first-order chi connectivity index (χ1) is 18.2. The summed E-state index contributed by atoms with van der Waals surface area (Å²) < 4.78 is 20.6. The molecule has 1 unspecified atom stereocenters. The quantitative estimate of drug-likeness (QED) is 0.431. The fraction of sp³-hybridized carbons (Fsp3) is 0.500. The van der Waals surface area contributed by atoms with Gasteiger partial charge in [0, 0.05) is 60.0 Å². The van der Waals surface area contributed by atoms with Crippen molar-refractivity contribution in [3.8, 4) is 0 Å². The molecule has 5 nitrogen and oxygen atoms in total. The maximum absolute atomic E-state index is 12.8. The number of imidazole rings is 1. The van der Waals surface area contributed by atoms with Crippen molar-refractivity contribution in [2.75, 3.05) is 33.0 Å². The van der Waals surface area contributed by atoms with Crippen molar-refractivity contribution in [2.24, 2.45) is 11.8 Å². The van der Waals surface area contributed by atoms with E-state index in [0.717, 1.165) is 81.6 Å².